The summed E-state index contributed by atoms with van der Waals surface area (Å²) in [4.78, 5) is 10.7. The van der Waals surface area contributed by atoms with Crippen molar-refractivity contribution in [1.29, 1.82) is 0 Å². The van der Waals surface area contributed by atoms with Crippen LogP contribution in [-0.4, -0.2) is 13.1 Å². The van der Waals surface area contributed by atoms with Gasteiger partial charge in [-0.2, -0.15) is 0 Å². The third-order valence-electron chi connectivity index (χ3n) is 1.83. The Morgan fingerprint density at radius 1 is 1.47 bits per heavy atom. The van der Waals surface area contributed by atoms with Gasteiger partial charge in [-0.1, -0.05) is 12.1 Å². The largest absolute Gasteiger partial charge is 0.493 e. The average Bonchev–Trinajstić information content (AvgIpc) is 2.20. The van der Waals surface area contributed by atoms with E-state index in [1.807, 2.05) is 6.07 Å². The molecule has 0 bridgehead atoms. The molecule has 1 aromatic carbocycles. The average molecular weight is 205 g/mol. The molecule has 3 nitrogen and oxygen atoms in total. The van der Waals surface area contributed by atoms with Crippen LogP contribution in [0, 0.1) is 6.92 Å². The molecule has 0 amide bonds. The van der Waals surface area contributed by atoms with Gasteiger partial charge in [0.1, 0.15) is 0 Å². The summed E-state index contributed by atoms with van der Waals surface area (Å²) in [5.74, 6) is 0.293. The van der Waals surface area contributed by atoms with Gasteiger partial charge in [-0.25, -0.2) is 0 Å². The third kappa shape index (κ3) is 3.13. The molecule has 0 fully saturated rings. The lowest BCUT2D eigenvalue weighted by Gasteiger charge is -2.08. The molecule has 0 saturated carbocycles. The zero-order valence-corrected chi connectivity index (χ0v) is 8.66. The predicted molar refractivity (Wildman–Crippen MR) is 57.9 cm³/mol. The molecule has 79 valence electrons. The minimum absolute atomic E-state index is 0.380. The molecule has 0 atom stereocenters. The molecule has 0 N–H and O–H groups in total. The smallest absolute Gasteiger partial charge is 0.311 e. The molecule has 0 unspecified atom stereocenters. The minimum Gasteiger partial charge on any atom is -0.493 e. The lowest BCUT2D eigenvalue weighted by Crippen LogP contribution is -2.03. The van der Waals surface area contributed by atoms with Crippen molar-refractivity contribution in [1.82, 2.24) is 0 Å². The van der Waals surface area contributed by atoms with Crippen molar-refractivity contribution in [3.05, 3.63) is 43.3 Å². The maximum absolute atomic E-state index is 10.7. The van der Waals surface area contributed by atoms with E-state index in [4.69, 9.17) is 9.47 Å². The molecule has 1 rings (SSSR count). The molecule has 1 radical (unpaired) electrons. The Kier molecular flexibility index (Phi) is 3.92. The van der Waals surface area contributed by atoms with Crippen LogP contribution in [0.15, 0.2) is 30.9 Å². The van der Waals surface area contributed by atoms with Crippen LogP contribution >= 0.6 is 0 Å². The number of hydrogen-bond acceptors (Lipinski definition) is 3. The third-order valence-corrected chi connectivity index (χ3v) is 1.83. The summed E-state index contributed by atoms with van der Waals surface area (Å²) in [6, 6.07) is 5.34. The lowest BCUT2D eigenvalue weighted by atomic mass is 10.1. The molecule has 3 heteroatoms. The van der Waals surface area contributed by atoms with Gasteiger partial charge in [-0.15, -0.1) is 6.58 Å². The van der Waals surface area contributed by atoms with Gasteiger partial charge in [0.15, 0.2) is 11.5 Å². The standard InChI is InChI=1S/C12H13O3/c1-4-5-10-6-7-11(15-9(2)13)12(8-10)14-3/h4,6-8H,1-2,5H2,3H3. The highest BCUT2D eigenvalue weighted by atomic mass is 16.6. The van der Waals surface area contributed by atoms with E-state index in [1.165, 1.54) is 7.11 Å². The van der Waals surface area contributed by atoms with Crippen molar-refractivity contribution < 1.29 is 14.3 Å². The van der Waals surface area contributed by atoms with Crippen molar-refractivity contribution in [3.63, 3.8) is 0 Å². The Hall–Kier alpha value is -1.77. The number of allylic oxidation sites excluding steroid dienone is 1. The normalized spacial score (nSPS) is 9.47. The van der Waals surface area contributed by atoms with Crippen LogP contribution in [0.2, 0.25) is 0 Å². The molecule has 0 saturated heterocycles. The Morgan fingerprint density at radius 3 is 2.73 bits per heavy atom. The first-order valence-electron chi connectivity index (χ1n) is 4.49. The van der Waals surface area contributed by atoms with E-state index < -0.39 is 5.97 Å². The van der Waals surface area contributed by atoms with E-state index >= 15 is 0 Å². The Morgan fingerprint density at radius 2 is 2.20 bits per heavy atom. The van der Waals surface area contributed by atoms with Crippen molar-refractivity contribution in [2.75, 3.05) is 7.11 Å². The van der Waals surface area contributed by atoms with Crippen LogP contribution in [0.4, 0.5) is 0 Å². The fraction of sp³-hybridized carbons (Fsp3) is 0.167. The SMILES string of the molecule is [CH2]C(=O)Oc1ccc(CC=C)cc1OC. The summed E-state index contributed by atoms with van der Waals surface area (Å²) in [6.45, 7) is 6.78. The van der Waals surface area contributed by atoms with Gasteiger partial charge in [0, 0.05) is 0 Å². The number of rotatable bonds is 4. The molecule has 0 heterocycles. The molecule has 1 aromatic rings. The van der Waals surface area contributed by atoms with Crippen molar-refractivity contribution in [2.45, 2.75) is 6.42 Å². The highest BCUT2D eigenvalue weighted by Gasteiger charge is 2.07. The topological polar surface area (TPSA) is 35.5 Å². The molecule has 0 aliphatic carbocycles. The summed E-state index contributed by atoms with van der Waals surface area (Å²) in [6.07, 6.45) is 2.54. The number of esters is 1. The van der Waals surface area contributed by atoms with Crippen molar-refractivity contribution >= 4 is 5.97 Å². The number of methoxy groups -OCH3 is 1. The van der Waals surface area contributed by atoms with E-state index in [0.717, 1.165) is 12.0 Å². The molecule has 0 aliphatic rings. The first-order chi connectivity index (χ1) is 7.17. The Bertz CT molecular complexity index is 369. The van der Waals surface area contributed by atoms with Crippen LogP contribution in [0.3, 0.4) is 0 Å². The van der Waals surface area contributed by atoms with Gasteiger partial charge >= 0.3 is 5.97 Å². The number of carbonyl (C=O) groups is 1. The number of hydrogen-bond donors (Lipinski definition) is 0. The summed E-state index contributed by atoms with van der Waals surface area (Å²) < 4.78 is 9.96. The van der Waals surface area contributed by atoms with Crippen molar-refractivity contribution in [3.8, 4) is 11.5 Å². The number of ether oxygens (including phenoxy) is 2. The van der Waals surface area contributed by atoms with E-state index in [-0.39, 0.29) is 0 Å². The molecular formula is C12H13O3. The van der Waals surface area contributed by atoms with Crippen LogP contribution in [0.1, 0.15) is 5.56 Å². The molecule has 0 spiro atoms. The van der Waals surface area contributed by atoms with Crippen LogP contribution < -0.4 is 9.47 Å². The maximum Gasteiger partial charge on any atom is 0.311 e. The zero-order chi connectivity index (χ0) is 11.3. The van der Waals surface area contributed by atoms with E-state index in [0.29, 0.717) is 11.5 Å². The van der Waals surface area contributed by atoms with Gasteiger partial charge < -0.3 is 9.47 Å². The van der Waals surface area contributed by atoms with E-state index in [9.17, 15) is 4.79 Å². The highest BCUT2D eigenvalue weighted by Crippen LogP contribution is 2.28. The molecule has 15 heavy (non-hydrogen) atoms. The lowest BCUT2D eigenvalue weighted by molar-refractivity contribution is -0.129. The Balaban J connectivity index is 2.97. The number of carbonyl (C=O) groups excluding carboxylic acids is 1. The summed E-state index contributed by atoms with van der Waals surface area (Å²) in [5, 5.41) is 0. The van der Waals surface area contributed by atoms with Crippen LogP contribution in [0.5, 0.6) is 11.5 Å². The second-order valence-corrected chi connectivity index (χ2v) is 2.95. The van der Waals surface area contributed by atoms with E-state index in [2.05, 4.69) is 13.5 Å². The predicted octanol–water partition coefficient (Wildman–Crippen LogP) is 2.16. The van der Waals surface area contributed by atoms with Crippen LogP contribution in [-0.2, 0) is 11.2 Å². The molecule has 0 aliphatic heterocycles. The first-order valence-corrected chi connectivity index (χ1v) is 4.49. The summed E-state index contributed by atoms with van der Waals surface area (Å²) in [7, 11) is 1.52. The second kappa shape index (κ2) is 5.20. The van der Waals surface area contributed by atoms with Crippen molar-refractivity contribution in [2.24, 2.45) is 0 Å². The van der Waals surface area contributed by atoms with Gasteiger partial charge in [0.05, 0.1) is 14.0 Å². The highest BCUT2D eigenvalue weighted by molar-refractivity contribution is 5.77. The minimum atomic E-state index is -0.607. The summed E-state index contributed by atoms with van der Waals surface area (Å²) >= 11 is 0. The Labute approximate surface area is 89.3 Å². The first kappa shape index (κ1) is 11.3. The van der Waals surface area contributed by atoms with Gasteiger partial charge in [0.2, 0.25) is 0 Å². The van der Waals surface area contributed by atoms with Gasteiger partial charge in [-0.3, -0.25) is 4.79 Å². The van der Waals surface area contributed by atoms with Crippen LogP contribution in [0.25, 0.3) is 0 Å². The van der Waals surface area contributed by atoms with Gasteiger partial charge in [0.25, 0.3) is 0 Å². The molecule has 0 aromatic heterocycles. The van der Waals surface area contributed by atoms with E-state index in [1.54, 1.807) is 18.2 Å². The fourth-order valence-corrected chi connectivity index (χ4v) is 1.21. The fourth-order valence-electron chi connectivity index (χ4n) is 1.21. The second-order valence-electron chi connectivity index (χ2n) is 2.95. The number of benzene rings is 1. The molecular weight excluding hydrogens is 192 g/mol. The summed E-state index contributed by atoms with van der Waals surface area (Å²) in [5.41, 5.74) is 1.05. The monoisotopic (exact) mass is 205 g/mol. The quantitative estimate of drug-likeness (QED) is 0.429. The zero-order valence-electron chi connectivity index (χ0n) is 8.66. The maximum atomic E-state index is 10.7. The van der Waals surface area contributed by atoms with Gasteiger partial charge in [-0.05, 0) is 24.1 Å².